The van der Waals surface area contributed by atoms with Gasteiger partial charge in [-0.2, -0.15) is 0 Å². The lowest BCUT2D eigenvalue weighted by molar-refractivity contribution is -0.115. The Morgan fingerprint density at radius 1 is 1.21 bits per heavy atom. The number of nitrogen functional groups attached to an aromatic ring is 1. The third-order valence-electron chi connectivity index (χ3n) is 2.34. The Morgan fingerprint density at radius 2 is 1.89 bits per heavy atom. The van der Waals surface area contributed by atoms with Gasteiger partial charge in [0.25, 0.3) is 0 Å². The Morgan fingerprint density at radius 3 is 2.47 bits per heavy atom. The highest BCUT2D eigenvalue weighted by Gasteiger charge is 2.06. The summed E-state index contributed by atoms with van der Waals surface area (Å²) in [6, 6.07) is 8.26. The van der Waals surface area contributed by atoms with Crippen LogP contribution in [0.4, 0.5) is 11.4 Å². The maximum absolute atomic E-state index is 11.8. The van der Waals surface area contributed by atoms with E-state index in [4.69, 9.17) is 28.9 Å². The van der Waals surface area contributed by atoms with Gasteiger partial charge in [0.1, 0.15) is 0 Å². The number of amides is 1. The number of aromatic nitrogens is 1. The SMILES string of the molecule is Nc1ccc(CC(=O)Nc2cc(Cl)cc(Cl)c2)nc1. The van der Waals surface area contributed by atoms with E-state index in [-0.39, 0.29) is 12.3 Å². The average Bonchev–Trinajstić information content (AvgIpc) is 2.30. The second kappa shape index (κ2) is 5.91. The van der Waals surface area contributed by atoms with Crippen molar-refractivity contribution in [1.82, 2.24) is 4.98 Å². The molecule has 0 aliphatic carbocycles. The van der Waals surface area contributed by atoms with Crippen LogP contribution in [-0.2, 0) is 11.2 Å². The van der Waals surface area contributed by atoms with E-state index >= 15 is 0 Å². The fourth-order valence-corrected chi connectivity index (χ4v) is 2.06. The summed E-state index contributed by atoms with van der Waals surface area (Å²) in [5.74, 6) is -0.199. The van der Waals surface area contributed by atoms with Crippen molar-refractivity contribution < 1.29 is 4.79 Å². The molecule has 0 radical (unpaired) electrons. The number of halogens is 2. The first kappa shape index (κ1) is 13.6. The third-order valence-corrected chi connectivity index (χ3v) is 2.77. The van der Waals surface area contributed by atoms with Gasteiger partial charge >= 0.3 is 0 Å². The van der Waals surface area contributed by atoms with Gasteiger partial charge in [0.05, 0.1) is 18.3 Å². The van der Waals surface area contributed by atoms with Crippen LogP contribution in [0.1, 0.15) is 5.69 Å². The maximum atomic E-state index is 11.8. The van der Waals surface area contributed by atoms with Crippen molar-refractivity contribution in [3.8, 4) is 0 Å². The lowest BCUT2D eigenvalue weighted by atomic mass is 10.2. The summed E-state index contributed by atoms with van der Waals surface area (Å²) in [6.07, 6.45) is 1.67. The largest absolute Gasteiger partial charge is 0.397 e. The summed E-state index contributed by atoms with van der Waals surface area (Å²) in [5, 5.41) is 3.64. The van der Waals surface area contributed by atoms with Gasteiger partial charge < -0.3 is 11.1 Å². The smallest absolute Gasteiger partial charge is 0.230 e. The number of nitrogens with one attached hydrogen (secondary N) is 1. The first-order chi connectivity index (χ1) is 9.02. The van der Waals surface area contributed by atoms with E-state index in [0.717, 1.165) is 0 Å². The van der Waals surface area contributed by atoms with Gasteiger partial charge in [0.2, 0.25) is 5.91 Å². The lowest BCUT2D eigenvalue weighted by Crippen LogP contribution is -2.15. The number of hydrogen-bond donors (Lipinski definition) is 2. The zero-order valence-corrected chi connectivity index (χ0v) is 11.4. The van der Waals surface area contributed by atoms with Crippen molar-refractivity contribution in [1.29, 1.82) is 0 Å². The van der Waals surface area contributed by atoms with Crippen LogP contribution < -0.4 is 11.1 Å². The van der Waals surface area contributed by atoms with Crippen molar-refractivity contribution in [2.75, 3.05) is 11.1 Å². The molecule has 1 heterocycles. The van der Waals surface area contributed by atoms with Crippen LogP contribution in [0, 0.1) is 0 Å². The average molecular weight is 296 g/mol. The second-order valence-corrected chi connectivity index (χ2v) is 4.84. The van der Waals surface area contributed by atoms with Crippen LogP contribution in [0.25, 0.3) is 0 Å². The minimum absolute atomic E-state index is 0.157. The Bertz CT molecular complexity index is 579. The van der Waals surface area contributed by atoms with E-state index in [0.29, 0.717) is 27.1 Å². The summed E-state index contributed by atoms with van der Waals surface area (Å²) >= 11 is 11.7. The Labute approximate surface area is 120 Å². The number of carbonyl (C=O) groups is 1. The topological polar surface area (TPSA) is 68.0 Å². The number of pyridine rings is 1. The fraction of sp³-hybridized carbons (Fsp3) is 0.0769. The van der Waals surface area contributed by atoms with Crippen LogP contribution in [0.5, 0.6) is 0 Å². The van der Waals surface area contributed by atoms with Gasteiger partial charge in [-0.15, -0.1) is 0 Å². The second-order valence-electron chi connectivity index (χ2n) is 3.97. The molecule has 0 aliphatic heterocycles. The maximum Gasteiger partial charge on any atom is 0.230 e. The zero-order valence-electron chi connectivity index (χ0n) is 9.86. The van der Waals surface area contributed by atoms with Gasteiger partial charge in [-0.25, -0.2) is 0 Å². The molecule has 3 N–H and O–H groups in total. The molecule has 0 saturated heterocycles. The number of benzene rings is 1. The van der Waals surface area contributed by atoms with E-state index in [1.807, 2.05) is 0 Å². The molecule has 0 unspecified atom stereocenters. The van der Waals surface area contributed by atoms with Gasteiger partial charge in [0, 0.05) is 21.4 Å². The Balaban J connectivity index is 2.03. The highest BCUT2D eigenvalue weighted by molar-refractivity contribution is 6.35. The summed E-state index contributed by atoms with van der Waals surface area (Å²) < 4.78 is 0. The Kier molecular flexibility index (Phi) is 4.24. The summed E-state index contributed by atoms with van der Waals surface area (Å²) in [5.41, 5.74) is 7.28. The summed E-state index contributed by atoms with van der Waals surface area (Å²) in [7, 11) is 0. The minimum Gasteiger partial charge on any atom is -0.397 e. The van der Waals surface area contributed by atoms with Crippen molar-refractivity contribution in [2.45, 2.75) is 6.42 Å². The van der Waals surface area contributed by atoms with E-state index < -0.39 is 0 Å². The summed E-state index contributed by atoms with van der Waals surface area (Å²) in [6.45, 7) is 0. The van der Waals surface area contributed by atoms with Crippen molar-refractivity contribution >= 4 is 40.5 Å². The van der Waals surface area contributed by atoms with E-state index in [1.54, 1.807) is 30.3 Å². The number of nitrogens with two attached hydrogens (primary N) is 1. The van der Waals surface area contributed by atoms with Gasteiger partial charge in [-0.1, -0.05) is 23.2 Å². The van der Waals surface area contributed by atoms with E-state index in [1.165, 1.54) is 6.20 Å². The van der Waals surface area contributed by atoms with Crippen LogP contribution in [0.2, 0.25) is 10.0 Å². The predicted molar refractivity (Wildman–Crippen MR) is 77.4 cm³/mol. The van der Waals surface area contributed by atoms with Crippen LogP contribution in [0.15, 0.2) is 36.5 Å². The van der Waals surface area contributed by atoms with Crippen LogP contribution >= 0.6 is 23.2 Å². The molecule has 2 rings (SSSR count). The first-order valence-corrected chi connectivity index (χ1v) is 6.25. The standard InChI is InChI=1S/C13H11Cl2N3O/c14-8-3-9(15)5-12(4-8)18-13(19)6-11-2-1-10(16)7-17-11/h1-5,7H,6,16H2,(H,18,19). The number of nitrogens with zero attached hydrogens (tertiary/aromatic N) is 1. The fourth-order valence-electron chi connectivity index (χ4n) is 1.54. The molecule has 6 heteroatoms. The van der Waals surface area contributed by atoms with Crippen molar-refractivity contribution in [3.05, 3.63) is 52.3 Å². The number of rotatable bonds is 3. The molecule has 0 fully saturated rings. The van der Waals surface area contributed by atoms with Gasteiger partial charge in [0.15, 0.2) is 0 Å². The molecular formula is C13H11Cl2N3O. The molecule has 1 amide bonds. The summed E-state index contributed by atoms with van der Waals surface area (Å²) in [4.78, 5) is 15.9. The molecule has 1 aromatic heterocycles. The highest BCUT2D eigenvalue weighted by Crippen LogP contribution is 2.22. The highest BCUT2D eigenvalue weighted by atomic mass is 35.5. The van der Waals surface area contributed by atoms with E-state index in [2.05, 4.69) is 10.3 Å². The van der Waals surface area contributed by atoms with Gasteiger partial charge in [-0.3, -0.25) is 9.78 Å². The van der Waals surface area contributed by atoms with Crippen molar-refractivity contribution in [3.63, 3.8) is 0 Å². The number of hydrogen-bond acceptors (Lipinski definition) is 3. The van der Waals surface area contributed by atoms with Crippen LogP contribution in [0.3, 0.4) is 0 Å². The monoisotopic (exact) mass is 295 g/mol. The van der Waals surface area contributed by atoms with Crippen molar-refractivity contribution in [2.24, 2.45) is 0 Å². The molecule has 0 atom stereocenters. The minimum atomic E-state index is -0.199. The number of anilines is 2. The quantitative estimate of drug-likeness (QED) is 0.914. The van der Waals surface area contributed by atoms with E-state index in [9.17, 15) is 4.79 Å². The normalized spacial score (nSPS) is 10.2. The molecule has 0 spiro atoms. The molecule has 2 aromatic rings. The van der Waals surface area contributed by atoms with Crippen LogP contribution in [-0.4, -0.2) is 10.9 Å². The van der Waals surface area contributed by atoms with Gasteiger partial charge in [-0.05, 0) is 30.3 Å². The molecule has 4 nitrogen and oxygen atoms in total. The molecular weight excluding hydrogens is 285 g/mol. The predicted octanol–water partition coefficient (Wildman–Crippen LogP) is 3.15. The lowest BCUT2D eigenvalue weighted by Gasteiger charge is -2.06. The molecule has 98 valence electrons. The molecule has 0 saturated carbocycles. The Hall–Kier alpha value is -1.78. The molecule has 1 aromatic carbocycles. The molecule has 0 bridgehead atoms. The zero-order chi connectivity index (χ0) is 13.8. The first-order valence-electron chi connectivity index (χ1n) is 5.49. The molecule has 19 heavy (non-hydrogen) atoms. The molecule has 0 aliphatic rings. The third kappa shape index (κ3) is 4.12. The number of carbonyl (C=O) groups excluding carboxylic acids is 1.